The van der Waals surface area contributed by atoms with Crippen molar-refractivity contribution >= 4 is 42.5 Å². The van der Waals surface area contributed by atoms with Crippen LogP contribution in [0.4, 0.5) is 5.69 Å². The highest BCUT2D eigenvalue weighted by Crippen LogP contribution is 2.26. The zero-order chi connectivity index (χ0) is 15.0. The number of aromatic amines is 1. The topological polar surface area (TPSA) is 87.7 Å². The fourth-order valence-electron chi connectivity index (χ4n) is 2.03. The van der Waals surface area contributed by atoms with Crippen molar-refractivity contribution in [2.24, 2.45) is 0 Å². The Balaban J connectivity index is 2.08. The molecule has 0 aliphatic heterocycles. The van der Waals surface area contributed by atoms with Gasteiger partial charge in [0.25, 0.3) is 10.0 Å². The number of halogens is 1. The first-order valence-electron chi connectivity index (χ1n) is 6.04. The molecule has 0 fully saturated rings. The third kappa shape index (κ3) is 2.64. The lowest BCUT2D eigenvalue weighted by molar-refractivity contribution is 0.600. The molecular formula is C13H11BrN4O2S. The third-order valence-corrected chi connectivity index (χ3v) is 4.91. The summed E-state index contributed by atoms with van der Waals surface area (Å²) in [7, 11) is -3.70. The number of nitrogens with zero attached hydrogens (tertiary/aromatic N) is 2. The van der Waals surface area contributed by atoms with Gasteiger partial charge in [0, 0.05) is 16.1 Å². The molecule has 6 nitrogen and oxygen atoms in total. The zero-order valence-corrected chi connectivity index (χ0v) is 13.4. The first kappa shape index (κ1) is 14.0. The quantitative estimate of drug-likeness (QED) is 0.745. The smallest absolute Gasteiger partial charge is 0.265 e. The van der Waals surface area contributed by atoms with E-state index in [1.165, 1.54) is 6.20 Å². The SMILES string of the molecule is Cc1[nH]ncc1S(=O)(=O)Nc1cccc2cc(Br)cnc12. The minimum absolute atomic E-state index is 0.122. The van der Waals surface area contributed by atoms with Gasteiger partial charge in [0.15, 0.2) is 0 Å². The molecule has 2 heterocycles. The van der Waals surface area contributed by atoms with Crippen LogP contribution < -0.4 is 4.72 Å². The predicted octanol–water partition coefficient (Wildman–Crippen LogP) is 2.83. The van der Waals surface area contributed by atoms with Crippen LogP contribution in [0.15, 0.2) is 46.0 Å². The summed E-state index contributed by atoms with van der Waals surface area (Å²) in [4.78, 5) is 4.39. The number of aromatic nitrogens is 3. The summed E-state index contributed by atoms with van der Waals surface area (Å²) in [5.74, 6) is 0. The maximum absolute atomic E-state index is 12.4. The molecule has 0 bridgehead atoms. The van der Waals surface area contributed by atoms with E-state index in [9.17, 15) is 8.42 Å². The molecule has 0 saturated carbocycles. The van der Waals surface area contributed by atoms with E-state index in [1.807, 2.05) is 12.1 Å². The summed E-state index contributed by atoms with van der Waals surface area (Å²) >= 11 is 3.35. The number of sulfonamides is 1. The Bertz CT molecular complexity index is 921. The van der Waals surface area contributed by atoms with Gasteiger partial charge in [0.05, 0.1) is 23.1 Å². The fraction of sp³-hybridized carbons (Fsp3) is 0.0769. The highest BCUT2D eigenvalue weighted by molar-refractivity contribution is 9.10. The number of benzene rings is 1. The number of hydrogen-bond donors (Lipinski definition) is 2. The Morgan fingerprint density at radius 1 is 1.29 bits per heavy atom. The van der Waals surface area contributed by atoms with Gasteiger partial charge < -0.3 is 0 Å². The lowest BCUT2D eigenvalue weighted by Gasteiger charge is -2.09. The molecule has 3 rings (SSSR count). The molecule has 0 aliphatic rings. The van der Waals surface area contributed by atoms with Gasteiger partial charge in [-0.2, -0.15) is 5.10 Å². The molecular weight excluding hydrogens is 356 g/mol. The second kappa shape index (κ2) is 5.12. The molecule has 8 heteroatoms. The molecule has 1 aromatic carbocycles. The molecule has 0 atom stereocenters. The summed E-state index contributed by atoms with van der Waals surface area (Å²) in [5.41, 5.74) is 1.50. The van der Waals surface area contributed by atoms with Crippen LogP contribution in [-0.2, 0) is 10.0 Å². The summed E-state index contributed by atoms with van der Waals surface area (Å²) < 4.78 is 28.2. The molecule has 0 radical (unpaired) electrons. The molecule has 0 aliphatic carbocycles. The highest BCUT2D eigenvalue weighted by atomic mass is 79.9. The highest BCUT2D eigenvalue weighted by Gasteiger charge is 2.19. The number of nitrogens with one attached hydrogen (secondary N) is 2. The van der Waals surface area contributed by atoms with E-state index in [2.05, 4.69) is 35.8 Å². The average molecular weight is 367 g/mol. The number of pyridine rings is 1. The van der Waals surface area contributed by atoms with E-state index in [-0.39, 0.29) is 4.90 Å². The molecule has 2 N–H and O–H groups in total. The number of para-hydroxylation sites is 1. The van der Waals surface area contributed by atoms with Gasteiger partial charge in [-0.25, -0.2) is 8.42 Å². The van der Waals surface area contributed by atoms with E-state index < -0.39 is 10.0 Å². The van der Waals surface area contributed by atoms with Crippen LogP contribution in [0.1, 0.15) is 5.69 Å². The number of rotatable bonds is 3. The van der Waals surface area contributed by atoms with Crippen LogP contribution in [0, 0.1) is 6.92 Å². The largest absolute Gasteiger partial charge is 0.281 e. The first-order valence-corrected chi connectivity index (χ1v) is 8.32. The maximum Gasteiger partial charge on any atom is 0.265 e. The molecule has 0 amide bonds. The van der Waals surface area contributed by atoms with Crippen LogP contribution in [0.2, 0.25) is 0 Å². The fourth-order valence-corrected chi connectivity index (χ4v) is 3.58. The number of fused-ring (bicyclic) bond motifs is 1. The first-order chi connectivity index (χ1) is 9.97. The molecule has 0 saturated heterocycles. The van der Waals surface area contributed by atoms with E-state index in [0.717, 1.165) is 9.86 Å². The van der Waals surface area contributed by atoms with E-state index in [4.69, 9.17) is 0 Å². The minimum Gasteiger partial charge on any atom is -0.281 e. The lowest BCUT2D eigenvalue weighted by atomic mass is 10.2. The number of aryl methyl sites for hydroxylation is 1. The summed E-state index contributed by atoms with van der Waals surface area (Å²) in [6.07, 6.45) is 2.91. The van der Waals surface area contributed by atoms with Crippen LogP contribution in [0.25, 0.3) is 10.9 Å². The Labute approximate surface area is 129 Å². The molecule has 21 heavy (non-hydrogen) atoms. The standard InChI is InChI=1S/C13H11BrN4O2S/c1-8-12(7-16-17-8)21(19,20)18-11-4-2-3-9-5-10(14)6-15-13(9)11/h2-7,18H,1H3,(H,16,17). The van der Waals surface area contributed by atoms with Crippen molar-refractivity contribution in [3.05, 3.63) is 46.8 Å². The number of hydrogen-bond acceptors (Lipinski definition) is 4. The van der Waals surface area contributed by atoms with Crippen molar-refractivity contribution in [3.63, 3.8) is 0 Å². The zero-order valence-electron chi connectivity index (χ0n) is 11.0. The van der Waals surface area contributed by atoms with Gasteiger partial charge in [-0.3, -0.25) is 14.8 Å². The van der Waals surface area contributed by atoms with Crippen molar-refractivity contribution in [2.45, 2.75) is 11.8 Å². The van der Waals surface area contributed by atoms with Crippen molar-refractivity contribution in [3.8, 4) is 0 Å². The Hall–Kier alpha value is -1.93. The van der Waals surface area contributed by atoms with Crippen molar-refractivity contribution in [1.29, 1.82) is 0 Å². The van der Waals surface area contributed by atoms with Gasteiger partial charge in [0.1, 0.15) is 4.90 Å². The summed E-state index contributed by atoms with van der Waals surface area (Å²) in [6, 6.07) is 7.20. The molecule has 108 valence electrons. The van der Waals surface area contributed by atoms with E-state index in [1.54, 1.807) is 25.3 Å². The van der Waals surface area contributed by atoms with Crippen molar-refractivity contribution in [2.75, 3.05) is 4.72 Å². The summed E-state index contributed by atoms with van der Waals surface area (Å²) in [6.45, 7) is 1.65. The Morgan fingerprint density at radius 2 is 2.10 bits per heavy atom. The number of H-pyrrole nitrogens is 1. The second-order valence-corrected chi connectivity index (χ2v) is 7.06. The average Bonchev–Trinajstić information content (AvgIpc) is 2.85. The molecule has 3 aromatic rings. The van der Waals surface area contributed by atoms with Crippen LogP contribution in [0.5, 0.6) is 0 Å². The lowest BCUT2D eigenvalue weighted by Crippen LogP contribution is -2.13. The van der Waals surface area contributed by atoms with Crippen LogP contribution in [0.3, 0.4) is 0 Å². The Kier molecular flexibility index (Phi) is 3.42. The Morgan fingerprint density at radius 3 is 2.81 bits per heavy atom. The number of anilines is 1. The van der Waals surface area contributed by atoms with Gasteiger partial charge in [-0.1, -0.05) is 12.1 Å². The van der Waals surface area contributed by atoms with Gasteiger partial charge >= 0.3 is 0 Å². The van der Waals surface area contributed by atoms with Gasteiger partial charge in [-0.05, 0) is 35.0 Å². The van der Waals surface area contributed by atoms with Crippen LogP contribution in [-0.4, -0.2) is 23.6 Å². The van der Waals surface area contributed by atoms with Gasteiger partial charge in [0.2, 0.25) is 0 Å². The monoisotopic (exact) mass is 366 g/mol. The third-order valence-electron chi connectivity index (χ3n) is 3.00. The van der Waals surface area contributed by atoms with E-state index >= 15 is 0 Å². The predicted molar refractivity (Wildman–Crippen MR) is 83.6 cm³/mol. The minimum atomic E-state index is -3.70. The normalized spacial score (nSPS) is 11.7. The summed E-state index contributed by atoms with van der Waals surface area (Å²) in [5, 5.41) is 7.19. The van der Waals surface area contributed by atoms with Gasteiger partial charge in [-0.15, -0.1) is 0 Å². The molecule has 2 aromatic heterocycles. The van der Waals surface area contributed by atoms with Crippen LogP contribution >= 0.6 is 15.9 Å². The maximum atomic E-state index is 12.4. The second-order valence-electron chi connectivity index (χ2n) is 4.50. The van der Waals surface area contributed by atoms with E-state index in [0.29, 0.717) is 16.9 Å². The molecule has 0 spiro atoms. The molecule has 0 unspecified atom stereocenters. The van der Waals surface area contributed by atoms with Crippen molar-refractivity contribution < 1.29 is 8.42 Å². The van der Waals surface area contributed by atoms with Crippen molar-refractivity contribution in [1.82, 2.24) is 15.2 Å².